The maximum absolute atomic E-state index is 13.0. The minimum absolute atomic E-state index is 0.102. The monoisotopic (exact) mass is 306 g/mol. The molecule has 120 valence electrons. The molecule has 4 nitrogen and oxygen atoms in total. The lowest BCUT2D eigenvalue weighted by molar-refractivity contribution is -0.139. The van der Waals surface area contributed by atoms with Crippen LogP contribution in [0.15, 0.2) is 24.3 Å². The topological polar surface area (TPSA) is 43.8 Å². The summed E-state index contributed by atoms with van der Waals surface area (Å²) in [5, 5.41) is 9.76. The number of benzene rings is 1. The van der Waals surface area contributed by atoms with Gasteiger partial charge in [0.1, 0.15) is 5.82 Å². The van der Waals surface area contributed by atoms with Crippen LogP contribution < -0.4 is 0 Å². The molecule has 2 aliphatic heterocycles. The fourth-order valence-electron chi connectivity index (χ4n) is 3.49. The highest BCUT2D eigenvalue weighted by molar-refractivity contribution is 5.82. The lowest BCUT2D eigenvalue weighted by atomic mass is 10.1. The number of nitrogens with zero attached hydrogens (tertiary/aromatic N) is 2. The summed E-state index contributed by atoms with van der Waals surface area (Å²) in [6, 6.07) is 6.38. The summed E-state index contributed by atoms with van der Waals surface area (Å²) in [5.41, 5.74) is 1.03. The quantitative estimate of drug-likeness (QED) is 0.925. The van der Waals surface area contributed by atoms with E-state index in [-0.39, 0.29) is 23.9 Å². The Morgan fingerprint density at radius 1 is 1.18 bits per heavy atom. The van der Waals surface area contributed by atoms with E-state index < -0.39 is 0 Å². The molecule has 1 amide bonds. The molecule has 2 fully saturated rings. The number of rotatable bonds is 3. The zero-order valence-corrected chi connectivity index (χ0v) is 12.7. The number of carbonyl (C=O) groups excluding carboxylic acids is 1. The standard InChI is InChI=1S/C17H23FN2O2/c18-14-7-5-13(6-8-14)11-19-9-2-4-16(19)17(22)20-10-1-3-15(21)12-20/h5-8,15-16,21H,1-4,9-12H2. The van der Waals surface area contributed by atoms with Crippen molar-refractivity contribution in [3.63, 3.8) is 0 Å². The maximum Gasteiger partial charge on any atom is 0.240 e. The fraction of sp³-hybridized carbons (Fsp3) is 0.588. The van der Waals surface area contributed by atoms with Crippen LogP contribution in [0.2, 0.25) is 0 Å². The zero-order chi connectivity index (χ0) is 15.5. The summed E-state index contributed by atoms with van der Waals surface area (Å²) < 4.78 is 13.0. The highest BCUT2D eigenvalue weighted by Crippen LogP contribution is 2.23. The van der Waals surface area contributed by atoms with Crippen molar-refractivity contribution in [1.82, 2.24) is 9.80 Å². The Morgan fingerprint density at radius 3 is 2.64 bits per heavy atom. The highest BCUT2D eigenvalue weighted by atomic mass is 19.1. The first-order valence-corrected chi connectivity index (χ1v) is 8.09. The Labute approximate surface area is 130 Å². The molecule has 2 heterocycles. The molecule has 0 spiro atoms. The van der Waals surface area contributed by atoms with E-state index in [0.29, 0.717) is 13.1 Å². The summed E-state index contributed by atoms with van der Waals surface area (Å²) in [7, 11) is 0. The molecule has 2 unspecified atom stereocenters. The average Bonchev–Trinajstić information content (AvgIpc) is 2.97. The zero-order valence-electron chi connectivity index (χ0n) is 12.7. The average molecular weight is 306 g/mol. The van der Waals surface area contributed by atoms with Crippen molar-refractivity contribution in [2.24, 2.45) is 0 Å². The van der Waals surface area contributed by atoms with Crippen molar-refractivity contribution in [3.8, 4) is 0 Å². The SMILES string of the molecule is O=C(C1CCCN1Cc1ccc(F)cc1)N1CCCC(O)C1. The number of carbonyl (C=O) groups is 1. The molecule has 3 rings (SSSR count). The van der Waals surface area contributed by atoms with Gasteiger partial charge in [0.15, 0.2) is 0 Å². The molecule has 0 bridgehead atoms. The van der Waals surface area contributed by atoms with Gasteiger partial charge >= 0.3 is 0 Å². The van der Waals surface area contributed by atoms with E-state index in [0.717, 1.165) is 44.3 Å². The Kier molecular flexibility index (Phi) is 4.74. The third-order valence-electron chi connectivity index (χ3n) is 4.66. The van der Waals surface area contributed by atoms with Crippen LogP contribution in [0.25, 0.3) is 0 Å². The van der Waals surface area contributed by atoms with E-state index in [1.54, 1.807) is 12.1 Å². The van der Waals surface area contributed by atoms with Gasteiger partial charge in [-0.25, -0.2) is 4.39 Å². The van der Waals surface area contributed by atoms with E-state index in [1.807, 2.05) is 4.90 Å². The van der Waals surface area contributed by atoms with E-state index in [1.165, 1.54) is 12.1 Å². The minimum Gasteiger partial charge on any atom is -0.391 e. The number of aliphatic hydroxyl groups excluding tert-OH is 1. The van der Waals surface area contributed by atoms with Crippen molar-refractivity contribution in [1.29, 1.82) is 0 Å². The van der Waals surface area contributed by atoms with Crippen molar-refractivity contribution < 1.29 is 14.3 Å². The molecule has 0 radical (unpaired) electrons. The van der Waals surface area contributed by atoms with Gasteiger partial charge in [-0.1, -0.05) is 12.1 Å². The van der Waals surface area contributed by atoms with Crippen LogP contribution in [0.1, 0.15) is 31.2 Å². The maximum atomic E-state index is 13.0. The molecular formula is C17H23FN2O2. The summed E-state index contributed by atoms with van der Waals surface area (Å²) in [6.45, 7) is 2.77. The van der Waals surface area contributed by atoms with Gasteiger partial charge in [-0.3, -0.25) is 9.69 Å². The molecule has 0 saturated carbocycles. The third kappa shape index (κ3) is 3.47. The van der Waals surface area contributed by atoms with Crippen molar-refractivity contribution in [3.05, 3.63) is 35.6 Å². The molecule has 0 aromatic heterocycles. The largest absolute Gasteiger partial charge is 0.391 e. The van der Waals surface area contributed by atoms with Crippen LogP contribution in [0.3, 0.4) is 0 Å². The van der Waals surface area contributed by atoms with Gasteiger partial charge in [-0.15, -0.1) is 0 Å². The number of likely N-dealkylation sites (tertiary alicyclic amines) is 2. The minimum atomic E-state index is -0.385. The van der Waals surface area contributed by atoms with Crippen LogP contribution in [-0.4, -0.2) is 52.6 Å². The number of β-amino-alcohol motifs (C(OH)–C–C–N with tert-alkyl or cyclic N) is 1. The Bertz CT molecular complexity index is 520. The molecule has 1 aromatic carbocycles. The number of amides is 1. The van der Waals surface area contributed by atoms with Crippen molar-refractivity contribution in [2.45, 2.75) is 44.4 Å². The lowest BCUT2D eigenvalue weighted by Gasteiger charge is -2.34. The van der Waals surface area contributed by atoms with Crippen LogP contribution in [0.5, 0.6) is 0 Å². The number of piperidine rings is 1. The van der Waals surface area contributed by atoms with E-state index in [4.69, 9.17) is 0 Å². The molecular weight excluding hydrogens is 283 g/mol. The van der Waals surface area contributed by atoms with Gasteiger partial charge in [0.05, 0.1) is 12.1 Å². The van der Waals surface area contributed by atoms with Crippen LogP contribution in [0, 0.1) is 5.82 Å². The molecule has 22 heavy (non-hydrogen) atoms. The Morgan fingerprint density at radius 2 is 1.91 bits per heavy atom. The molecule has 2 aliphatic rings. The number of aliphatic hydroxyl groups is 1. The van der Waals surface area contributed by atoms with Gasteiger partial charge in [-0.2, -0.15) is 0 Å². The van der Waals surface area contributed by atoms with Crippen molar-refractivity contribution in [2.75, 3.05) is 19.6 Å². The van der Waals surface area contributed by atoms with Crippen LogP contribution in [-0.2, 0) is 11.3 Å². The summed E-state index contributed by atoms with van der Waals surface area (Å²) in [4.78, 5) is 16.7. The van der Waals surface area contributed by atoms with Gasteiger partial charge in [0.25, 0.3) is 0 Å². The predicted molar refractivity (Wildman–Crippen MR) is 81.7 cm³/mol. The molecule has 1 aromatic rings. The summed E-state index contributed by atoms with van der Waals surface area (Å²) in [6.07, 6.45) is 3.15. The smallest absolute Gasteiger partial charge is 0.240 e. The molecule has 2 atom stereocenters. The first-order chi connectivity index (χ1) is 10.6. The number of hydrogen-bond donors (Lipinski definition) is 1. The second-order valence-corrected chi connectivity index (χ2v) is 6.34. The van der Waals surface area contributed by atoms with E-state index >= 15 is 0 Å². The predicted octanol–water partition coefficient (Wildman–Crippen LogP) is 1.77. The number of hydrogen-bond acceptors (Lipinski definition) is 3. The Hall–Kier alpha value is -1.46. The second-order valence-electron chi connectivity index (χ2n) is 6.34. The Balaban J connectivity index is 1.64. The second kappa shape index (κ2) is 6.75. The van der Waals surface area contributed by atoms with E-state index in [2.05, 4.69) is 4.90 Å². The molecule has 2 saturated heterocycles. The normalized spacial score (nSPS) is 26.4. The van der Waals surface area contributed by atoms with Gasteiger partial charge in [-0.05, 0) is 49.9 Å². The van der Waals surface area contributed by atoms with Gasteiger partial charge in [0.2, 0.25) is 5.91 Å². The van der Waals surface area contributed by atoms with Crippen LogP contribution >= 0.6 is 0 Å². The number of halogens is 1. The van der Waals surface area contributed by atoms with Crippen LogP contribution in [0.4, 0.5) is 4.39 Å². The fourth-order valence-corrected chi connectivity index (χ4v) is 3.49. The molecule has 1 N–H and O–H groups in total. The third-order valence-corrected chi connectivity index (χ3v) is 4.66. The van der Waals surface area contributed by atoms with E-state index in [9.17, 15) is 14.3 Å². The first-order valence-electron chi connectivity index (χ1n) is 8.09. The van der Waals surface area contributed by atoms with Gasteiger partial charge in [0, 0.05) is 19.6 Å². The molecule has 5 heteroatoms. The summed E-state index contributed by atoms with van der Waals surface area (Å²) in [5.74, 6) is -0.0986. The molecule has 0 aliphatic carbocycles. The van der Waals surface area contributed by atoms with Crippen molar-refractivity contribution >= 4 is 5.91 Å². The first kappa shape index (κ1) is 15.4. The lowest BCUT2D eigenvalue weighted by Crippen LogP contribution is -2.50. The highest BCUT2D eigenvalue weighted by Gasteiger charge is 2.35. The summed E-state index contributed by atoms with van der Waals surface area (Å²) >= 11 is 0. The van der Waals surface area contributed by atoms with Gasteiger partial charge < -0.3 is 10.0 Å².